The average molecular weight is 313 g/mol. The number of nitrogens with two attached hydrogens (primary N) is 1. The minimum Gasteiger partial charge on any atom is -0.324 e. The van der Waals surface area contributed by atoms with Gasteiger partial charge in [-0.1, -0.05) is 22.0 Å². The van der Waals surface area contributed by atoms with Crippen molar-refractivity contribution in [2.75, 3.05) is 0 Å². The second-order valence-corrected chi connectivity index (χ2v) is 5.69. The Kier molecular flexibility index (Phi) is 3.86. The van der Waals surface area contributed by atoms with Crippen LogP contribution in [0.3, 0.4) is 0 Å². The Morgan fingerprint density at radius 3 is 2.76 bits per heavy atom. The summed E-state index contributed by atoms with van der Waals surface area (Å²) in [6, 6.07) is 6.16. The Hall–Kier alpha value is -0.850. The van der Waals surface area contributed by atoms with Crippen LogP contribution in [0.5, 0.6) is 0 Å². The summed E-state index contributed by atoms with van der Waals surface area (Å²) in [5.41, 5.74) is 6.97. The first-order valence-corrected chi connectivity index (χ1v) is 6.75. The molecule has 0 fully saturated rings. The van der Waals surface area contributed by atoms with Crippen molar-refractivity contribution in [2.24, 2.45) is 12.8 Å². The molecule has 0 aliphatic carbocycles. The molecule has 4 nitrogen and oxygen atoms in total. The molecule has 0 bridgehead atoms. The minimum atomic E-state index is 0.0262. The molecule has 2 rings (SSSR count). The lowest BCUT2D eigenvalue weighted by Gasteiger charge is -2.09. The summed E-state index contributed by atoms with van der Waals surface area (Å²) in [6.45, 7) is 1.97. The number of benzene rings is 1. The van der Waals surface area contributed by atoms with Gasteiger partial charge in [0.15, 0.2) is 5.16 Å². The third kappa shape index (κ3) is 2.88. The predicted octanol–water partition coefficient (Wildman–Crippen LogP) is 2.75. The van der Waals surface area contributed by atoms with E-state index < -0.39 is 0 Å². The number of aryl methyl sites for hydroxylation is 1. The van der Waals surface area contributed by atoms with Crippen LogP contribution in [0.25, 0.3) is 0 Å². The Morgan fingerprint density at radius 1 is 1.47 bits per heavy atom. The molecule has 0 aliphatic heterocycles. The van der Waals surface area contributed by atoms with E-state index in [9.17, 15) is 0 Å². The summed E-state index contributed by atoms with van der Waals surface area (Å²) in [5.74, 6) is 0. The van der Waals surface area contributed by atoms with Crippen LogP contribution in [0.15, 0.2) is 39.1 Å². The third-order valence-electron chi connectivity index (χ3n) is 2.34. The molecule has 0 radical (unpaired) electrons. The van der Waals surface area contributed by atoms with Gasteiger partial charge in [0.25, 0.3) is 0 Å². The Morgan fingerprint density at radius 2 is 2.24 bits per heavy atom. The van der Waals surface area contributed by atoms with E-state index in [0.717, 1.165) is 20.1 Å². The smallest absolute Gasteiger partial charge is 0.195 e. The van der Waals surface area contributed by atoms with Gasteiger partial charge in [0.2, 0.25) is 0 Å². The molecule has 0 aliphatic rings. The molecule has 2 aromatic rings. The van der Waals surface area contributed by atoms with Crippen molar-refractivity contribution in [1.29, 1.82) is 0 Å². The molecule has 0 unspecified atom stereocenters. The molecule has 17 heavy (non-hydrogen) atoms. The van der Waals surface area contributed by atoms with Gasteiger partial charge in [-0.3, -0.25) is 0 Å². The van der Waals surface area contributed by atoms with Gasteiger partial charge in [-0.2, -0.15) is 0 Å². The van der Waals surface area contributed by atoms with Crippen LogP contribution >= 0.6 is 27.7 Å². The van der Waals surface area contributed by atoms with Gasteiger partial charge in [0.05, 0.1) is 0 Å². The number of hydrogen-bond donors (Lipinski definition) is 1. The molecule has 90 valence electrons. The van der Waals surface area contributed by atoms with Crippen LogP contribution in [-0.4, -0.2) is 14.8 Å². The molecule has 1 heterocycles. The molecular weight excluding hydrogens is 300 g/mol. The summed E-state index contributed by atoms with van der Waals surface area (Å²) in [4.78, 5) is 1.11. The molecule has 1 aromatic carbocycles. The zero-order valence-corrected chi connectivity index (χ0v) is 12.0. The van der Waals surface area contributed by atoms with E-state index in [1.54, 1.807) is 18.1 Å². The summed E-state index contributed by atoms with van der Waals surface area (Å²) < 4.78 is 2.91. The van der Waals surface area contributed by atoms with Crippen LogP contribution in [0, 0.1) is 0 Å². The SMILES string of the molecule is C[C@H](N)c1ccc(Sc2nncn2C)cc1Br. The van der Waals surface area contributed by atoms with Crippen LogP contribution in [0.1, 0.15) is 18.5 Å². The maximum Gasteiger partial charge on any atom is 0.195 e. The Labute approximate surface area is 113 Å². The zero-order chi connectivity index (χ0) is 12.4. The first kappa shape index (κ1) is 12.6. The van der Waals surface area contributed by atoms with Crippen molar-refractivity contribution in [3.8, 4) is 0 Å². The van der Waals surface area contributed by atoms with Crippen molar-refractivity contribution < 1.29 is 0 Å². The second kappa shape index (κ2) is 5.20. The van der Waals surface area contributed by atoms with Crippen molar-refractivity contribution in [3.05, 3.63) is 34.6 Å². The topological polar surface area (TPSA) is 56.7 Å². The van der Waals surface area contributed by atoms with Crippen molar-refractivity contribution >= 4 is 27.7 Å². The zero-order valence-electron chi connectivity index (χ0n) is 9.59. The highest BCUT2D eigenvalue weighted by molar-refractivity contribution is 9.10. The lowest BCUT2D eigenvalue weighted by atomic mass is 10.1. The van der Waals surface area contributed by atoms with Crippen LogP contribution < -0.4 is 5.73 Å². The summed E-state index contributed by atoms with van der Waals surface area (Å²) >= 11 is 5.11. The third-order valence-corrected chi connectivity index (χ3v) is 4.07. The molecule has 1 atom stereocenters. The van der Waals surface area contributed by atoms with E-state index in [0.29, 0.717) is 0 Å². The number of rotatable bonds is 3. The molecule has 0 saturated carbocycles. The van der Waals surface area contributed by atoms with Gasteiger partial charge in [0.1, 0.15) is 6.33 Å². The van der Waals surface area contributed by atoms with Crippen LogP contribution in [0.4, 0.5) is 0 Å². The average Bonchev–Trinajstić information content (AvgIpc) is 2.64. The van der Waals surface area contributed by atoms with Gasteiger partial charge in [-0.25, -0.2) is 0 Å². The van der Waals surface area contributed by atoms with E-state index in [1.165, 1.54) is 0 Å². The van der Waals surface area contributed by atoms with Crippen LogP contribution in [0.2, 0.25) is 0 Å². The molecule has 1 aromatic heterocycles. The predicted molar refractivity (Wildman–Crippen MR) is 71.9 cm³/mol. The highest BCUT2D eigenvalue weighted by Gasteiger charge is 2.08. The van der Waals surface area contributed by atoms with Gasteiger partial charge in [0, 0.05) is 22.5 Å². The lowest BCUT2D eigenvalue weighted by molar-refractivity contribution is 0.788. The van der Waals surface area contributed by atoms with E-state index >= 15 is 0 Å². The monoisotopic (exact) mass is 312 g/mol. The van der Waals surface area contributed by atoms with E-state index in [2.05, 4.69) is 32.2 Å². The first-order valence-electron chi connectivity index (χ1n) is 5.15. The van der Waals surface area contributed by atoms with Gasteiger partial charge >= 0.3 is 0 Å². The van der Waals surface area contributed by atoms with Crippen molar-refractivity contribution in [3.63, 3.8) is 0 Å². The standard InChI is InChI=1S/C11H13BrN4S/c1-7(13)9-4-3-8(5-10(9)12)17-11-15-14-6-16(11)2/h3-7H,13H2,1-2H3/t7-/m0/s1. The normalized spacial score (nSPS) is 12.7. The largest absolute Gasteiger partial charge is 0.324 e. The summed E-state index contributed by atoms with van der Waals surface area (Å²) in [6.07, 6.45) is 1.69. The number of halogens is 1. The summed E-state index contributed by atoms with van der Waals surface area (Å²) in [5, 5.41) is 8.75. The second-order valence-electron chi connectivity index (χ2n) is 3.80. The van der Waals surface area contributed by atoms with Crippen molar-refractivity contribution in [1.82, 2.24) is 14.8 Å². The van der Waals surface area contributed by atoms with Gasteiger partial charge in [-0.05, 0) is 36.4 Å². The Balaban J connectivity index is 2.24. The number of aromatic nitrogens is 3. The molecule has 6 heteroatoms. The molecular formula is C11H13BrN4S. The summed E-state index contributed by atoms with van der Waals surface area (Å²) in [7, 11) is 1.92. The molecule has 0 saturated heterocycles. The molecule has 0 amide bonds. The fourth-order valence-corrected chi connectivity index (χ4v) is 3.11. The molecule has 2 N–H and O–H groups in total. The lowest BCUT2D eigenvalue weighted by Crippen LogP contribution is -2.05. The van der Waals surface area contributed by atoms with Gasteiger partial charge < -0.3 is 10.3 Å². The first-order chi connectivity index (χ1) is 8.08. The fraction of sp³-hybridized carbons (Fsp3) is 0.273. The quantitative estimate of drug-likeness (QED) is 0.946. The fourth-order valence-electron chi connectivity index (χ4n) is 1.41. The highest BCUT2D eigenvalue weighted by Crippen LogP contribution is 2.31. The number of hydrogen-bond acceptors (Lipinski definition) is 4. The highest BCUT2D eigenvalue weighted by atomic mass is 79.9. The minimum absolute atomic E-state index is 0.0262. The van der Waals surface area contributed by atoms with Crippen molar-refractivity contribution in [2.45, 2.75) is 23.0 Å². The maximum atomic E-state index is 5.86. The number of nitrogens with zero attached hydrogens (tertiary/aromatic N) is 3. The van der Waals surface area contributed by atoms with E-state index in [-0.39, 0.29) is 6.04 Å². The Bertz CT molecular complexity index is 524. The molecule has 0 spiro atoms. The van der Waals surface area contributed by atoms with E-state index in [1.807, 2.05) is 30.7 Å². The van der Waals surface area contributed by atoms with Crippen LogP contribution in [-0.2, 0) is 7.05 Å². The maximum absolute atomic E-state index is 5.86. The van der Waals surface area contributed by atoms with Gasteiger partial charge in [-0.15, -0.1) is 10.2 Å². The van der Waals surface area contributed by atoms with E-state index in [4.69, 9.17) is 5.73 Å².